The van der Waals surface area contributed by atoms with Crippen LogP contribution in [-0.2, 0) is 4.79 Å². The zero-order chi connectivity index (χ0) is 14.0. The molecule has 0 atom stereocenters. The molecule has 0 spiro atoms. The van der Waals surface area contributed by atoms with Gasteiger partial charge in [0, 0.05) is 11.9 Å². The average molecular weight is 347 g/mol. The molecule has 2 rings (SSSR count). The van der Waals surface area contributed by atoms with Gasteiger partial charge >= 0.3 is 11.7 Å². The number of aromatic nitrogens is 1. The first-order valence-corrected chi connectivity index (χ1v) is 7.34. The molecule has 8 heteroatoms. The Balaban J connectivity index is 2.12. The quantitative estimate of drug-likeness (QED) is 0.483. The van der Waals surface area contributed by atoms with Crippen molar-refractivity contribution in [2.75, 3.05) is 5.75 Å². The molecule has 1 aliphatic rings. The highest BCUT2D eigenvalue weighted by Gasteiger charge is 2.44. The lowest BCUT2D eigenvalue weighted by atomic mass is 10.1. The van der Waals surface area contributed by atoms with Crippen LogP contribution in [0.15, 0.2) is 21.8 Å². The molecule has 0 bridgehead atoms. The molecule has 1 saturated carbocycles. The van der Waals surface area contributed by atoms with E-state index < -0.39 is 10.9 Å². The van der Waals surface area contributed by atoms with Gasteiger partial charge in [0.1, 0.15) is 11.1 Å². The largest absolute Gasteiger partial charge is 0.481 e. The van der Waals surface area contributed by atoms with Crippen LogP contribution in [0.4, 0.5) is 5.69 Å². The second-order valence-corrected chi connectivity index (χ2v) is 6.43. The monoisotopic (exact) mass is 346 g/mol. The number of nitrogens with zero attached hydrogens (tertiary/aromatic N) is 2. The highest BCUT2D eigenvalue weighted by Crippen LogP contribution is 2.53. The lowest BCUT2D eigenvalue weighted by Crippen LogP contribution is -2.11. The minimum absolute atomic E-state index is 0.0505. The number of pyridine rings is 1. The number of carboxylic acids is 1. The van der Waals surface area contributed by atoms with Crippen LogP contribution in [0.2, 0.25) is 0 Å². The molecule has 102 valence electrons. The fourth-order valence-electron chi connectivity index (χ4n) is 1.78. The van der Waals surface area contributed by atoms with E-state index in [0.717, 1.165) is 12.8 Å². The van der Waals surface area contributed by atoms with E-state index in [1.165, 1.54) is 24.2 Å². The van der Waals surface area contributed by atoms with Gasteiger partial charge in [0.15, 0.2) is 0 Å². The fraction of sp³-hybridized carbons (Fsp3) is 0.455. The van der Waals surface area contributed by atoms with Crippen molar-refractivity contribution in [2.45, 2.75) is 24.2 Å². The summed E-state index contributed by atoms with van der Waals surface area (Å²) in [5.41, 5.74) is -0.252. The van der Waals surface area contributed by atoms with E-state index in [-0.39, 0.29) is 17.5 Å². The van der Waals surface area contributed by atoms with E-state index in [9.17, 15) is 14.9 Å². The fourth-order valence-corrected chi connectivity index (χ4v) is 3.75. The van der Waals surface area contributed by atoms with Gasteiger partial charge in [-0.05, 0) is 34.2 Å². The first-order valence-electron chi connectivity index (χ1n) is 5.56. The maximum absolute atomic E-state index is 10.9. The van der Waals surface area contributed by atoms with Crippen LogP contribution < -0.4 is 0 Å². The van der Waals surface area contributed by atoms with Crippen molar-refractivity contribution in [3.8, 4) is 0 Å². The molecule has 0 amide bonds. The number of hydrogen-bond acceptors (Lipinski definition) is 5. The predicted octanol–water partition coefficient (Wildman–Crippen LogP) is 3.10. The number of rotatable bonds is 6. The Hall–Kier alpha value is -1.15. The van der Waals surface area contributed by atoms with E-state index in [0.29, 0.717) is 15.1 Å². The third kappa shape index (κ3) is 3.44. The Kier molecular flexibility index (Phi) is 4.10. The molecular formula is C11H11BrN2O4S. The summed E-state index contributed by atoms with van der Waals surface area (Å²) in [6.07, 6.45) is 4.57. The van der Waals surface area contributed by atoms with Gasteiger partial charge < -0.3 is 5.11 Å². The normalized spacial score (nSPS) is 16.1. The van der Waals surface area contributed by atoms with Crippen LogP contribution in [-0.4, -0.2) is 26.7 Å². The van der Waals surface area contributed by atoms with Gasteiger partial charge in [-0.3, -0.25) is 19.9 Å². The lowest BCUT2D eigenvalue weighted by molar-refractivity contribution is -0.388. The van der Waals surface area contributed by atoms with Crippen molar-refractivity contribution >= 4 is 39.3 Å². The topological polar surface area (TPSA) is 93.3 Å². The summed E-state index contributed by atoms with van der Waals surface area (Å²) >= 11 is 4.57. The lowest BCUT2D eigenvalue weighted by Gasteiger charge is -2.12. The maximum atomic E-state index is 10.9. The van der Waals surface area contributed by atoms with Crippen molar-refractivity contribution in [3.05, 3.63) is 27.0 Å². The Morgan fingerprint density at radius 2 is 2.26 bits per heavy atom. The molecule has 1 heterocycles. The minimum atomic E-state index is -0.818. The van der Waals surface area contributed by atoms with Crippen LogP contribution in [0.1, 0.15) is 19.3 Å². The van der Waals surface area contributed by atoms with Gasteiger partial charge in [-0.2, -0.15) is 0 Å². The predicted molar refractivity (Wildman–Crippen MR) is 73.2 cm³/mol. The molecule has 0 unspecified atom stereocenters. The van der Waals surface area contributed by atoms with E-state index in [1.54, 1.807) is 0 Å². The number of thioether (sulfide) groups is 1. The van der Waals surface area contributed by atoms with Gasteiger partial charge in [0.2, 0.25) is 0 Å². The van der Waals surface area contributed by atoms with Gasteiger partial charge in [0.25, 0.3) is 0 Å². The summed E-state index contributed by atoms with van der Waals surface area (Å²) in [7, 11) is 0. The zero-order valence-electron chi connectivity index (χ0n) is 9.84. The van der Waals surface area contributed by atoms with Gasteiger partial charge in [0.05, 0.1) is 15.8 Å². The number of nitro groups is 1. The molecular weight excluding hydrogens is 336 g/mol. The molecule has 1 N–H and O–H groups in total. The molecule has 1 fully saturated rings. The highest BCUT2D eigenvalue weighted by molar-refractivity contribution is 9.10. The van der Waals surface area contributed by atoms with Crippen LogP contribution in [0.3, 0.4) is 0 Å². The zero-order valence-corrected chi connectivity index (χ0v) is 12.2. The number of aliphatic carboxylic acids is 1. The molecule has 0 aromatic carbocycles. The molecule has 1 aromatic rings. The van der Waals surface area contributed by atoms with Crippen molar-refractivity contribution in [2.24, 2.45) is 5.41 Å². The van der Waals surface area contributed by atoms with Gasteiger partial charge in [-0.25, -0.2) is 0 Å². The highest BCUT2D eigenvalue weighted by atomic mass is 79.9. The molecule has 6 nitrogen and oxygen atoms in total. The Labute approximate surface area is 121 Å². The van der Waals surface area contributed by atoms with Gasteiger partial charge in [-0.15, -0.1) is 11.8 Å². The van der Waals surface area contributed by atoms with Crippen molar-refractivity contribution < 1.29 is 14.8 Å². The maximum Gasteiger partial charge on any atom is 0.303 e. The smallest absolute Gasteiger partial charge is 0.303 e. The van der Waals surface area contributed by atoms with E-state index >= 15 is 0 Å². The molecule has 19 heavy (non-hydrogen) atoms. The van der Waals surface area contributed by atoms with E-state index in [2.05, 4.69) is 20.9 Å². The SMILES string of the molecule is O=C(O)CC1(CSc2c(Br)cncc2[N+](=O)[O-])CC1. The molecule has 0 aliphatic heterocycles. The van der Waals surface area contributed by atoms with Crippen LogP contribution in [0, 0.1) is 15.5 Å². The summed E-state index contributed by atoms with van der Waals surface area (Å²) in [5, 5.41) is 19.8. The number of carboxylic acid groups (broad SMARTS) is 1. The van der Waals surface area contributed by atoms with Gasteiger partial charge in [-0.1, -0.05) is 0 Å². The Bertz CT molecular complexity index is 533. The van der Waals surface area contributed by atoms with E-state index in [4.69, 9.17) is 5.11 Å². The van der Waals surface area contributed by atoms with Crippen LogP contribution in [0.5, 0.6) is 0 Å². The summed E-state index contributed by atoms with van der Waals surface area (Å²) < 4.78 is 0.567. The third-order valence-corrected chi connectivity index (χ3v) is 5.38. The van der Waals surface area contributed by atoms with Crippen LogP contribution >= 0.6 is 27.7 Å². The number of hydrogen-bond donors (Lipinski definition) is 1. The first kappa shape index (κ1) is 14.3. The van der Waals surface area contributed by atoms with Crippen molar-refractivity contribution in [1.82, 2.24) is 4.98 Å². The average Bonchev–Trinajstić information content (AvgIpc) is 3.06. The number of halogens is 1. The summed E-state index contributed by atoms with van der Waals surface area (Å²) in [4.78, 5) is 25.5. The first-order chi connectivity index (χ1) is 8.93. The summed E-state index contributed by atoms with van der Waals surface area (Å²) in [6, 6.07) is 0. The molecule has 1 aromatic heterocycles. The summed E-state index contributed by atoms with van der Waals surface area (Å²) in [6.45, 7) is 0. The Morgan fingerprint density at radius 3 is 2.79 bits per heavy atom. The third-order valence-electron chi connectivity index (χ3n) is 3.04. The second kappa shape index (κ2) is 5.46. The minimum Gasteiger partial charge on any atom is -0.481 e. The standard InChI is InChI=1S/C11H11BrN2O4S/c12-7-4-13-5-8(14(17)18)10(7)19-6-11(1-2-11)3-9(15)16/h4-5H,1-3,6H2,(H,15,16). The Morgan fingerprint density at radius 1 is 1.58 bits per heavy atom. The molecule has 0 saturated heterocycles. The van der Waals surface area contributed by atoms with E-state index in [1.807, 2.05) is 0 Å². The van der Waals surface area contributed by atoms with Crippen molar-refractivity contribution in [1.29, 1.82) is 0 Å². The van der Waals surface area contributed by atoms with Crippen LogP contribution in [0.25, 0.3) is 0 Å². The van der Waals surface area contributed by atoms with Crippen molar-refractivity contribution in [3.63, 3.8) is 0 Å². The second-order valence-electron chi connectivity index (χ2n) is 4.59. The molecule has 1 aliphatic carbocycles. The molecule has 0 radical (unpaired) electrons. The summed E-state index contributed by atoms with van der Waals surface area (Å²) in [5.74, 6) is -0.246. The number of carbonyl (C=O) groups is 1.